The number of aldehydes is 1. The third-order valence-electron chi connectivity index (χ3n) is 7.38. The maximum Gasteiger partial charge on any atom is 0.336 e. The van der Waals surface area contributed by atoms with Gasteiger partial charge in [0.2, 0.25) is 0 Å². The minimum absolute atomic E-state index is 0.296. The van der Waals surface area contributed by atoms with E-state index in [-0.39, 0.29) is 5.97 Å². The number of benzene rings is 6. The van der Waals surface area contributed by atoms with Crippen LogP contribution in [0.5, 0.6) is 0 Å². The van der Waals surface area contributed by atoms with Crippen LogP contribution in [-0.2, 0) is 14.1 Å². The smallest absolute Gasteiger partial charge is 0.336 e. The molecule has 0 amide bonds. The Balaban J connectivity index is 0.000000202. The molecule has 6 rings (SSSR count). The summed E-state index contributed by atoms with van der Waals surface area (Å²) in [6.45, 7) is 1.05. The van der Waals surface area contributed by atoms with E-state index in [2.05, 4.69) is 137 Å². The van der Waals surface area contributed by atoms with Crippen molar-refractivity contribution in [3.8, 4) is 0 Å². The first-order chi connectivity index (χ1) is 23.1. The average Bonchev–Trinajstić information content (AvgIpc) is 3.15. The van der Waals surface area contributed by atoms with E-state index in [9.17, 15) is 4.79 Å². The Hall–Kier alpha value is -4.38. The molecule has 0 aromatic heterocycles. The molecule has 47 heavy (non-hydrogen) atoms. The third kappa shape index (κ3) is 8.91. The first kappa shape index (κ1) is 35.5. The fourth-order valence-corrected chi connectivity index (χ4v) is 12.2. The summed E-state index contributed by atoms with van der Waals surface area (Å²) in [6, 6.07) is 63.1. The molecule has 0 N–H and O–H groups in total. The lowest BCUT2D eigenvalue weighted by molar-refractivity contribution is -0.125. The zero-order valence-electron chi connectivity index (χ0n) is 26.6. The van der Waals surface area contributed by atoms with Crippen molar-refractivity contribution < 1.29 is 14.1 Å². The van der Waals surface area contributed by atoms with Crippen LogP contribution in [0.3, 0.4) is 0 Å². The minimum atomic E-state index is -2.29. The fraction of sp³-hybridized carbons (Fsp3) is 0.0488. The van der Waals surface area contributed by atoms with E-state index in [1.807, 2.05) is 61.5 Å². The summed E-state index contributed by atoms with van der Waals surface area (Å²) in [4.78, 5) is 21.4. The van der Waals surface area contributed by atoms with Gasteiger partial charge in [0, 0.05) is 5.29 Å². The van der Waals surface area contributed by atoms with E-state index < -0.39 is 14.8 Å². The standard InChI is InChI=1S/C21H20O2P2.C18H15P.C2H4O/c1-17(21(22)23-24)25(18-11-5-2-6-12-18,19-13-7-3-8-14-19)20-15-9-4-10-16-20;1-4-10-16(11-5-1)19(17-12-6-2-7-13-17)18-14-8-3-9-15-18;1-2-3/h2-16H,24H2,1H3;1-15H;2H,1H3. The maximum atomic E-state index is 12.6. The first-order valence-corrected chi connectivity index (χ1v) is 18.8. The van der Waals surface area contributed by atoms with Gasteiger partial charge in [-0.3, -0.25) is 0 Å². The summed E-state index contributed by atoms with van der Waals surface area (Å²) >= 11 is 0. The summed E-state index contributed by atoms with van der Waals surface area (Å²) in [5, 5.41) is 8.34. The van der Waals surface area contributed by atoms with Gasteiger partial charge in [0.15, 0.2) is 0 Å². The van der Waals surface area contributed by atoms with E-state index >= 15 is 0 Å². The van der Waals surface area contributed by atoms with E-state index in [0.717, 1.165) is 27.5 Å². The molecule has 0 saturated carbocycles. The molecule has 6 heteroatoms. The minimum Gasteiger partial charge on any atom is -0.448 e. The lowest BCUT2D eigenvalue weighted by Crippen LogP contribution is -2.32. The van der Waals surface area contributed by atoms with Gasteiger partial charge in [-0.25, -0.2) is 4.79 Å². The van der Waals surface area contributed by atoms with Crippen molar-refractivity contribution >= 4 is 73.7 Å². The van der Waals surface area contributed by atoms with E-state index in [4.69, 9.17) is 9.32 Å². The Labute approximate surface area is 282 Å². The lowest BCUT2D eigenvalue weighted by atomic mass is 10.4. The molecule has 0 bridgehead atoms. The molecule has 1 atom stereocenters. The molecule has 1 unspecified atom stereocenters. The monoisotopic (exact) mass is 672 g/mol. The van der Waals surface area contributed by atoms with Crippen LogP contribution in [0.2, 0.25) is 0 Å². The van der Waals surface area contributed by atoms with Gasteiger partial charge < -0.3 is 9.32 Å². The maximum absolute atomic E-state index is 12.6. The molecule has 0 spiro atoms. The Bertz CT molecular complexity index is 1650. The Kier molecular flexibility index (Phi) is 14.1. The molecule has 3 nitrogen and oxygen atoms in total. The van der Waals surface area contributed by atoms with Crippen LogP contribution in [-0.4, -0.2) is 17.5 Å². The van der Waals surface area contributed by atoms with Crippen molar-refractivity contribution in [2.24, 2.45) is 0 Å². The highest BCUT2D eigenvalue weighted by Gasteiger charge is 2.31. The molecular weight excluding hydrogens is 633 g/mol. The lowest BCUT2D eigenvalue weighted by Gasteiger charge is -2.30. The van der Waals surface area contributed by atoms with Gasteiger partial charge in [0.1, 0.15) is 6.29 Å². The normalized spacial score (nSPS) is 10.4. The fourth-order valence-electron chi connectivity index (χ4n) is 5.38. The SMILES string of the molecule is CC(C(=O)OP)=P(c1ccccc1)(c1ccccc1)c1ccccc1.CC=O.c1ccc(P(c2ccccc2)c2ccccc2)cc1. The topological polar surface area (TPSA) is 43.4 Å². The molecule has 6 aromatic rings. The summed E-state index contributed by atoms with van der Waals surface area (Å²) in [5.41, 5.74) is 0. The van der Waals surface area contributed by atoms with Crippen LogP contribution < -0.4 is 31.8 Å². The van der Waals surface area contributed by atoms with E-state index in [0.29, 0.717) is 0 Å². The number of carbonyl (C=O) groups excluding carboxylic acids is 2. The second kappa shape index (κ2) is 18.7. The summed E-state index contributed by atoms with van der Waals surface area (Å²) in [5.74, 6) is -0.296. The molecule has 0 radical (unpaired) electrons. The summed E-state index contributed by atoms with van der Waals surface area (Å²) in [7, 11) is 1.63. The van der Waals surface area contributed by atoms with E-state index in [1.54, 1.807) is 0 Å². The average molecular weight is 673 g/mol. The predicted molar refractivity (Wildman–Crippen MR) is 209 cm³/mol. The summed E-state index contributed by atoms with van der Waals surface area (Å²) in [6.07, 6.45) is 0.750. The van der Waals surface area contributed by atoms with Crippen molar-refractivity contribution in [2.75, 3.05) is 0 Å². The van der Waals surface area contributed by atoms with Gasteiger partial charge >= 0.3 is 5.97 Å². The highest BCUT2D eigenvalue weighted by atomic mass is 31.2. The first-order valence-electron chi connectivity index (χ1n) is 15.2. The van der Waals surface area contributed by atoms with Crippen molar-refractivity contribution in [1.29, 1.82) is 0 Å². The van der Waals surface area contributed by atoms with Crippen LogP contribution >= 0.6 is 24.3 Å². The zero-order valence-corrected chi connectivity index (χ0v) is 29.5. The quantitative estimate of drug-likeness (QED) is 0.134. The van der Waals surface area contributed by atoms with Crippen LogP contribution in [0.25, 0.3) is 0 Å². The number of hydrogen-bond donors (Lipinski definition) is 0. The van der Waals surface area contributed by atoms with Gasteiger partial charge in [-0.1, -0.05) is 182 Å². The largest absolute Gasteiger partial charge is 0.448 e. The number of hydrogen-bond acceptors (Lipinski definition) is 3. The van der Waals surface area contributed by atoms with Gasteiger partial charge in [-0.2, -0.15) is 0 Å². The van der Waals surface area contributed by atoms with E-state index in [1.165, 1.54) is 22.8 Å². The molecule has 0 aliphatic rings. The van der Waals surface area contributed by atoms with Crippen LogP contribution in [0, 0.1) is 0 Å². The second-order valence-corrected chi connectivity index (χ2v) is 16.3. The predicted octanol–water partition coefficient (Wildman–Crippen LogP) is 7.16. The molecular formula is C41H39O3P3. The Morgan fingerprint density at radius 3 is 1.00 bits per heavy atom. The van der Waals surface area contributed by atoms with Gasteiger partial charge in [-0.15, -0.1) is 0 Å². The second-order valence-electron chi connectivity index (χ2n) is 10.2. The number of carbonyl (C=O) groups is 2. The molecule has 0 heterocycles. The van der Waals surface area contributed by atoms with Crippen molar-refractivity contribution in [2.45, 2.75) is 13.8 Å². The van der Waals surface area contributed by atoms with Crippen molar-refractivity contribution in [3.63, 3.8) is 0 Å². The van der Waals surface area contributed by atoms with Gasteiger partial charge in [-0.05, 0) is 60.5 Å². The molecule has 0 aliphatic heterocycles. The Morgan fingerprint density at radius 2 is 0.766 bits per heavy atom. The molecule has 6 aromatic carbocycles. The van der Waals surface area contributed by atoms with Gasteiger partial charge in [0.25, 0.3) is 0 Å². The van der Waals surface area contributed by atoms with Crippen LogP contribution in [0.4, 0.5) is 0 Å². The van der Waals surface area contributed by atoms with Crippen molar-refractivity contribution in [1.82, 2.24) is 0 Å². The third-order valence-corrected chi connectivity index (χ3v) is 14.4. The molecule has 0 fully saturated rings. The van der Waals surface area contributed by atoms with Crippen LogP contribution in [0.1, 0.15) is 13.8 Å². The Morgan fingerprint density at radius 1 is 0.532 bits per heavy atom. The van der Waals surface area contributed by atoms with Crippen LogP contribution in [0.15, 0.2) is 182 Å². The molecule has 236 valence electrons. The molecule has 0 aliphatic carbocycles. The molecule has 0 saturated heterocycles. The van der Waals surface area contributed by atoms with Gasteiger partial charge in [0.05, 0.1) is 9.47 Å². The highest BCUT2D eigenvalue weighted by molar-refractivity contribution is 7.96. The zero-order chi connectivity index (χ0) is 33.3. The van der Waals surface area contributed by atoms with Crippen molar-refractivity contribution in [3.05, 3.63) is 182 Å². The highest BCUT2D eigenvalue weighted by Crippen LogP contribution is 2.46. The summed E-state index contributed by atoms with van der Waals surface area (Å²) < 4.78 is 5.05. The number of rotatable bonds is 7.